The number of benzene rings is 3. The van der Waals surface area contributed by atoms with Crippen LogP contribution in [0, 0.1) is 0 Å². The molecule has 0 aliphatic heterocycles. The van der Waals surface area contributed by atoms with Gasteiger partial charge in [-0.05, 0) is 66.9 Å². The number of nitrogens with one attached hydrogen (secondary N) is 2. The van der Waals surface area contributed by atoms with Crippen LogP contribution in [0.15, 0.2) is 78.9 Å². The molecule has 0 spiro atoms. The molecule has 29 heavy (non-hydrogen) atoms. The topological polar surface area (TPSA) is 67.4 Å². The average molecular weight is 386 g/mol. The quantitative estimate of drug-likeness (QED) is 0.632. The van der Waals surface area contributed by atoms with Gasteiger partial charge in [-0.15, -0.1) is 0 Å². The summed E-state index contributed by atoms with van der Waals surface area (Å²) in [6.45, 7) is 0.441. The van der Waals surface area contributed by atoms with Crippen molar-refractivity contribution in [2.75, 3.05) is 5.32 Å². The third kappa shape index (κ3) is 5.23. The molecule has 2 N–H and O–H groups in total. The van der Waals surface area contributed by atoms with E-state index in [-0.39, 0.29) is 11.8 Å². The van der Waals surface area contributed by atoms with Gasteiger partial charge in [-0.2, -0.15) is 0 Å². The minimum atomic E-state index is -0.198. The Hall–Kier alpha value is -3.60. The summed E-state index contributed by atoms with van der Waals surface area (Å²) in [4.78, 5) is 24.5. The first-order valence-electron chi connectivity index (χ1n) is 9.66. The fraction of sp³-hybridized carbons (Fsp3) is 0.167. The van der Waals surface area contributed by atoms with E-state index in [0.717, 1.165) is 24.2 Å². The summed E-state index contributed by atoms with van der Waals surface area (Å²) in [5.74, 6) is 0.540. The number of ether oxygens (including phenoxy) is 1. The van der Waals surface area contributed by atoms with Gasteiger partial charge in [0.2, 0.25) is 0 Å². The summed E-state index contributed by atoms with van der Waals surface area (Å²) in [5, 5.41) is 5.80. The smallest absolute Gasteiger partial charge is 0.255 e. The molecule has 0 atom stereocenters. The van der Waals surface area contributed by atoms with Gasteiger partial charge in [0, 0.05) is 22.9 Å². The number of para-hydroxylation sites is 1. The fourth-order valence-electron chi connectivity index (χ4n) is 2.84. The summed E-state index contributed by atoms with van der Waals surface area (Å²) >= 11 is 0. The number of anilines is 1. The van der Waals surface area contributed by atoms with Gasteiger partial charge in [-0.1, -0.05) is 30.3 Å². The summed E-state index contributed by atoms with van der Waals surface area (Å²) in [5.41, 5.74) is 2.78. The van der Waals surface area contributed by atoms with Crippen molar-refractivity contribution in [3.8, 4) is 5.75 Å². The lowest BCUT2D eigenvalue weighted by molar-refractivity contribution is 0.0950. The number of hydrogen-bond donors (Lipinski definition) is 2. The Balaban J connectivity index is 1.31. The van der Waals surface area contributed by atoms with E-state index in [1.165, 1.54) is 0 Å². The van der Waals surface area contributed by atoms with E-state index >= 15 is 0 Å². The lowest BCUT2D eigenvalue weighted by atomic mass is 10.1. The molecular formula is C24H22N2O3. The Morgan fingerprint density at radius 1 is 0.793 bits per heavy atom. The molecule has 4 rings (SSSR count). The first-order chi connectivity index (χ1) is 14.2. The van der Waals surface area contributed by atoms with Crippen LogP contribution in [0.2, 0.25) is 0 Å². The van der Waals surface area contributed by atoms with Crippen LogP contribution in [-0.4, -0.2) is 17.9 Å². The van der Waals surface area contributed by atoms with Gasteiger partial charge in [0.25, 0.3) is 11.8 Å². The van der Waals surface area contributed by atoms with Crippen molar-refractivity contribution < 1.29 is 14.3 Å². The normalized spacial score (nSPS) is 12.8. The lowest BCUT2D eigenvalue weighted by Gasteiger charge is -2.09. The van der Waals surface area contributed by atoms with E-state index in [1.807, 2.05) is 42.5 Å². The zero-order chi connectivity index (χ0) is 20.1. The van der Waals surface area contributed by atoms with Crippen molar-refractivity contribution in [2.45, 2.75) is 25.5 Å². The second kappa shape index (κ2) is 8.61. The largest absolute Gasteiger partial charge is 0.489 e. The molecular weight excluding hydrogens is 364 g/mol. The number of carbonyl (C=O) groups is 2. The Bertz CT molecular complexity index is 979. The predicted octanol–water partition coefficient (Wildman–Crippen LogP) is 4.41. The van der Waals surface area contributed by atoms with Crippen LogP contribution in [-0.2, 0) is 6.61 Å². The number of amides is 2. The fourth-order valence-corrected chi connectivity index (χ4v) is 2.84. The summed E-state index contributed by atoms with van der Waals surface area (Å²) in [7, 11) is 0. The SMILES string of the molecule is O=C(Nc1ccc(C(=O)NC2CC2)cc1)c1ccc(COc2ccccc2)cc1. The summed E-state index contributed by atoms with van der Waals surface area (Å²) < 4.78 is 5.71. The van der Waals surface area contributed by atoms with Crippen molar-refractivity contribution in [3.05, 3.63) is 95.6 Å². The molecule has 0 aromatic heterocycles. The van der Waals surface area contributed by atoms with E-state index in [4.69, 9.17) is 4.74 Å². The van der Waals surface area contributed by atoms with Crippen molar-refractivity contribution in [2.24, 2.45) is 0 Å². The van der Waals surface area contributed by atoms with Crippen LogP contribution in [0.1, 0.15) is 39.1 Å². The van der Waals surface area contributed by atoms with Gasteiger partial charge in [0.1, 0.15) is 12.4 Å². The molecule has 0 bridgehead atoms. The van der Waals surface area contributed by atoms with Crippen LogP contribution in [0.4, 0.5) is 5.69 Å². The Morgan fingerprint density at radius 3 is 2.07 bits per heavy atom. The Kier molecular flexibility index (Phi) is 5.56. The van der Waals surface area contributed by atoms with Gasteiger partial charge in [-0.25, -0.2) is 0 Å². The molecule has 1 fully saturated rings. The third-order valence-electron chi connectivity index (χ3n) is 4.68. The summed E-state index contributed by atoms with van der Waals surface area (Å²) in [6.07, 6.45) is 2.11. The van der Waals surface area contributed by atoms with Crippen molar-refractivity contribution in [1.82, 2.24) is 5.32 Å². The van der Waals surface area contributed by atoms with Crippen LogP contribution in [0.5, 0.6) is 5.75 Å². The number of rotatable bonds is 7. The maximum Gasteiger partial charge on any atom is 0.255 e. The Labute approximate surface area is 169 Å². The van der Waals surface area contributed by atoms with E-state index in [9.17, 15) is 9.59 Å². The van der Waals surface area contributed by atoms with Crippen LogP contribution >= 0.6 is 0 Å². The second-order valence-electron chi connectivity index (χ2n) is 7.08. The molecule has 0 radical (unpaired) electrons. The molecule has 0 saturated heterocycles. The second-order valence-corrected chi connectivity index (χ2v) is 7.08. The van der Waals surface area contributed by atoms with Crippen LogP contribution < -0.4 is 15.4 Å². The van der Waals surface area contributed by atoms with Gasteiger partial charge >= 0.3 is 0 Å². The molecule has 5 heteroatoms. The molecule has 1 aliphatic carbocycles. The van der Waals surface area contributed by atoms with Crippen molar-refractivity contribution >= 4 is 17.5 Å². The Morgan fingerprint density at radius 2 is 1.41 bits per heavy atom. The van der Waals surface area contributed by atoms with Crippen LogP contribution in [0.25, 0.3) is 0 Å². The molecule has 146 valence electrons. The zero-order valence-corrected chi connectivity index (χ0v) is 15.9. The van der Waals surface area contributed by atoms with E-state index in [1.54, 1.807) is 36.4 Å². The van der Waals surface area contributed by atoms with Gasteiger partial charge in [0.15, 0.2) is 0 Å². The van der Waals surface area contributed by atoms with Crippen LogP contribution in [0.3, 0.4) is 0 Å². The first kappa shape index (κ1) is 18.7. The first-order valence-corrected chi connectivity index (χ1v) is 9.66. The highest BCUT2D eigenvalue weighted by atomic mass is 16.5. The maximum atomic E-state index is 12.5. The predicted molar refractivity (Wildman–Crippen MR) is 112 cm³/mol. The van der Waals surface area contributed by atoms with E-state index in [0.29, 0.717) is 29.5 Å². The highest BCUT2D eigenvalue weighted by Gasteiger charge is 2.23. The lowest BCUT2D eigenvalue weighted by Crippen LogP contribution is -2.25. The highest BCUT2D eigenvalue weighted by Crippen LogP contribution is 2.20. The molecule has 1 saturated carbocycles. The molecule has 0 unspecified atom stereocenters. The molecule has 2 amide bonds. The zero-order valence-electron chi connectivity index (χ0n) is 15.9. The third-order valence-corrected chi connectivity index (χ3v) is 4.68. The molecule has 5 nitrogen and oxygen atoms in total. The number of hydrogen-bond acceptors (Lipinski definition) is 3. The average Bonchev–Trinajstić information content (AvgIpc) is 3.58. The minimum Gasteiger partial charge on any atom is -0.489 e. The number of carbonyl (C=O) groups excluding carboxylic acids is 2. The molecule has 0 heterocycles. The van der Waals surface area contributed by atoms with Gasteiger partial charge in [-0.3, -0.25) is 9.59 Å². The minimum absolute atomic E-state index is 0.0707. The standard InChI is InChI=1S/C24H22N2O3/c27-23(25-20-12-10-19(11-13-20)24(28)26-21-14-15-21)18-8-6-17(7-9-18)16-29-22-4-2-1-3-5-22/h1-13,21H,14-16H2,(H,25,27)(H,26,28). The van der Waals surface area contributed by atoms with E-state index in [2.05, 4.69) is 10.6 Å². The molecule has 3 aromatic rings. The summed E-state index contributed by atoms with van der Waals surface area (Å²) in [6, 6.07) is 24.1. The van der Waals surface area contributed by atoms with Gasteiger partial charge in [0.05, 0.1) is 0 Å². The van der Waals surface area contributed by atoms with Gasteiger partial charge < -0.3 is 15.4 Å². The van der Waals surface area contributed by atoms with Crippen molar-refractivity contribution in [3.63, 3.8) is 0 Å². The monoisotopic (exact) mass is 386 g/mol. The molecule has 1 aliphatic rings. The highest BCUT2D eigenvalue weighted by molar-refractivity contribution is 6.04. The molecule has 3 aromatic carbocycles. The maximum absolute atomic E-state index is 12.5. The van der Waals surface area contributed by atoms with E-state index < -0.39 is 0 Å². The van der Waals surface area contributed by atoms with Crippen molar-refractivity contribution in [1.29, 1.82) is 0 Å².